The second kappa shape index (κ2) is 5.05. The van der Waals surface area contributed by atoms with Gasteiger partial charge in [0.1, 0.15) is 21.7 Å². The fourth-order valence-corrected chi connectivity index (χ4v) is 3.17. The number of nitrogens with zero attached hydrogens (tertiary/aromatic N) is 4. The Hall–Kier alpha value is -1.21. The average Bonchev–Trinajstić information content (AvgIpc) is 2.69. The molecule has 0 atom stereocenters. The van der Waals surface area contributed by atoms with Gasteiger partial charge in [-0.25, -0.2) is 9.97 Å². The maximum Gasteiger partial charge on any atom is 0.180 e. The van der Waals surface area contributed by atoms with Crippen LogP contribution < -0.4 is 5.73 Å². The van der Waals surface area contributed by atoms with Crippen LogP contribution >= 0.6 is 23.1 Å². The van der Waals surface area contributed by atoms with Crippen LogP contribution in [0.15, 0.2) is 9.37 Å². The van der Waals surface area contributed by atoms with Gasteiger partial charge >= 0.3 is 0 Å². The third-order valence-corrected chi connectivity index (χ3v) is 4.48. The van der Waals surface area contributed by atoms with Crippen LogP contribution in [0.5, 0.6) is 0 Å². The zero-order chi connectivity index (χ0) is 14.2. The molecule has 0 fully saturated rings. The van der Waals surface area contributed by atoms with E-state index in [-0.39, 0.29) is 5.41 Å². The number of aromatic nitrogens is 4. The number of hydrogen-bond donors (Lipinski definition) is 1. The average molecular weight is 295 g/mol. The second-order valence-electron chi connectivity index (χ2n) is 5.30. The molecule has 2 heterocycles. The quantitative estimate of drug-likeness (QED) is 0.858. The van der Waals surface area contributed by atoms with Gasteiger partial charge in [0.2, 0.25) is 0 Å². The predicted octanol–water partition coefficient (Wildman–Crippen LogP) is 2.98. The van der Waals surface area contributed by atoms with E-state index in [4.69, 9.17) is 5.73 Å². The SMILES string of the molecule is Cc1nnc(Sc2nc(C(C)(C)C)nc(N)c2C)s1. The van der Waals surface area contributed by atoms with Crippen LogP contribution in [-0.2, 0) is 5.41 Å². The predicted molar refractivity (Wildman–Crippen MR) is 78.7 cm³/mol. The van der Waals surface area contributed by atoms with Crippen molar-refractivity contribution in [1.29, 1.82) is 0 Å². The van der Waals surface area contributed by atoms with Gasteiger partial charge in [0.15, 0.2) is 4.34 Å². The molecule has 2 aromatic rings. The van der Waals surface area contributed by atoms with Crippen LogP contribution in [0.25, 0.3) is 0 Å². The lowest BCUT2D eigenvalue weighted by atomic mass is 9.95. The van der Waals surface area contributed by atoms with Gasteiger partial charge in [-0.15, -0.1) is 10.2 Å². The van der Waals surface area contributed by atoms with Crippen LogP contribution in [-0.4, -0.2) is 20.2 Å². The monoisotopic (exact) mass is 295 g/mol. The molecule has 0 spiro atoms. The summed E-state index contributed by atoms with van der Waals surface area (Å²) in [4.78, 5) is 8.99. The maximum atomic E-state index is 5.98. The van der Waals surface area contributed by atoms with E-state index in [1.807, 2.05) is 13.8 Å². The largest absolute Gasteiger partial charge is 0.383 e. The first-order chi connectivity index (χ1) is 8.77. The molecular formula is C12H17N5S2. The van der Waals surface area contributed by atoms with Crippen LogP contribution in [0.2, 0.25) is 0 Å². The second-order valence-corrected chi connectivity index (χ2v) is 7.72. The van der Waals surface area contributed by atoms with Crippen molar-refractivity contribution in [2.24, 2.45) is 0 Å². The summed E-state index contributed by atoms with van der Waals surface area (Å²) in [5, 5.41) is 9.91. The Morgan fingerprint density at radius 3 is 2.32 bits per heavy atom. The molecule has 0 unspecified atom stereocenters. The first-order valence-electron chi connectivity index (χ1n) is 5.90. The molecule has 0 saturated heterocycles. The Labute approximate surface area is 121 Å². The zero-order valence-corrected chi connectivity index (χ0v) is 13.3. The molecule has 0 radical (unpaired) electrons. The van der Waals surface area contributed by atoms with Crippen molar-refractivity contribution in [2.75, 3.05) is 5.73 Å². The molecule has 0 bridgehead atoms. The summed E-state index contributed by atoms with van der Waals surface area (Å²) in [5.74, 6) is 1.28. The van der Waals surface area contributed by atoms with Crippen molar-refractivity contribution in [3.8, 4) is 0 Å². The van der Waals surface area contributed by atoms with Crippen LogP contribution in [0, 0.1) is 13.8 Å². The fourth-order valence-electron chi connectivity index (χ4n) is 1.35. The van der Waals surface area contributed by atoms with Gasteiger partial charge in [-0.2, -0.15) is 0 Å². The summed E-state index contributed by atoms with van der Waals surface area (Å²) < 4.78 is 0.874. The number of anilines is 1. The normalized spacial score (nSPS) is 11.8. The van der Waals surface area contributed by atoms with Crippen molar-refractivity contribution in [3.63, 3.8) is 0 Å². The Morgan fingerprint density at radius 1 is 1.11 bits per heavy atom. The lowest BCUT2D eigenvalue weighted by molar-refractivity contribution is 0.538. The molecule has 5 nitrogen and oxygen atoms in total. The zero-order valence-electron chi connectivity index (χ0n) is 11.7. The number of nitrogen functional groups attached to an aromatic ring is 1. The molecule has 0 aromatic carbocycles. The van der Waals surface area contributed by atoms with Gasteiger partial charge in [-0.3, -0.25) is 0 Å². The van der Waals surface area contributed by atoms with Gasteiger partial charge in [0.25, 0.3) is 0 Å². The minimum Gasteiger partial charge on any atom is -0.383 e. The third-order valence-electron chi connectivity index (χ3n) is 2.50. The maximum absolute atomic E-state index is 5.98. The third kappa shape index (κ3) is 3.22. The fraction of sp³-hybridized carbons (Fsp3) is 0.500. The van der Waals surface area contributed by atoms with E-state index in [1.54, 1.807) is 11.3 Å². The molecule has 0 aliphatic rings. The van der Waals surface area contributed by atoms with Gasteiger partial charge < -0.3 is 5.73 Å². The van der Waals surface area contributed by atoms with E-state index in [0.29, 0.717) is 5.82 Å². The number of rotatable bonds is 2. The van der Waals surface area contributed by atoms with E-state index < -0.39 is 0 Å². The Balaban J connectivity index is 2.41. The minimum absolute atomic E-state index is 0.131. The Kier molecular flexibility index (Phi) is 3.78. The lowest BCUT2D eigenvalue weighted by Crippen LogP contribution is -2.18. The Bertz CT molecular complexity index is 601. The molecule has 0 aliphatic heterocycles. The van der Waals surface area contributed by atoms with Crippen molar-refractivity contribution in [1.82, 2.24) is 20.2 Å². The van der Waals surface area contributed by atoms with E-state index in [9.17, 15) is 0 Å². The summed E-state index contributed by atoms with van der Waals surface area (Å²) in [7, 11) is 0. The first-order valence-corrected chi connectivity index (χ1v) is 7.53. The number of aryl methyl sites for hydroxylation is 1. The highest BCUT2D eigenvalue weighted by Gasteiger charge is 2.21. The molecule has 2 rings (SSSR count). The minimum atomic E-state index is -0.131. The van der Waals surface area contributed by atoms with Gasteiger partial charge in [0, 0.05) is 11.0 Å². The first kappa shape index (κ1) is 14.2. The van der Waals surface area contributed by atoms with E-state index in [1.165, 1.54) is 11.8 Å². The highest BCUT2D eigenvalue weighted by molar-refractivity contribution is 8.01. The number of nitrogens with two attached hydrogens (primary N) is 1. The van der Waals surface area contributed by atoms with E-state index in [2.05, 4.69) is 40.9 Å². The molecule has 19 heavy (non-hydrogen) atoms. The van der Waals surface area contributed by atoms with Crippen LogP contribution in [0.3, 0.4) is 0 Å². The molecule has 0 aliphatic carbocycles. The standard InChI is InChI=1S/C12H17N5S2/c1-6-8(13)14-10(12(3,4)5)15-9(6)19-11-17-16-7(2)18-11/h1-5H3,(H2,13,14,15). The molecular weight excluding hydrogens is 278 g/mol. The van der Waals surface area contributed by atoms with Crippen molar-refractivity contribution >= 4 is 28.9 Å². The summed E-state index contributed by atoms with van der Waals surface area (Å²) in [6, 6.07) is 0. The number of hydrogen-bond acceptors (Lipinski definition) is 7. The van der Waals surface area contributed by atoms with Crippen molar-refractivity contribution in [2.45, 2.75) is 49.4 Å². The van der Waals surface area contributed by atoms with E-state index in [0.717, 1.165) is 25.8 Å². The smallest absolute Gasteiger partial charge is 0.180 e. The summed E-state index contributed by atoms with van der Waals surface area (Å²) >= 11 is 3.04. The van der Waals surface area contributed by atoms with Crippen LogP contribution in [0.1, 0.15) is 37.2 Å². The summed E-state index contributed by atoms with van der Waals surface area (Å²) in [6.45, 7) is 10.1. The van der Waals surface area contributed by atoms with Crippen LogP contribution in [0.4, 0.5) is 5.82 Å². The lowest BCUT2D eigenvalue weighted by Gasteiger charge is -2.18. The molecule has 0 saturated carbocycles. The highest BCUT2D eigenvalue weighted by atomic mass is 32.2. The topological polar surface area (TPSA) is 77.6 Å². The molecule has 7 heteroatoms. The summed E-state index contributed by atoms with van der Waals surface area (Å²) in [6.07, 6.45) is 0. The van der Waals surface area contributed by atoms with Gasteiger partial charge in [-0.05, 0) is 25.6 Å². The van der Waals surface area contributed by atoms with E-state index >= 15 is 0 Å². The van der Waals surface area contributed by atoms with Crippen molar-refractivity contribution in [3.05, 3.63) is 16.4 Å². The molecule has 2 N–H and O–H groups in total. The summed E-state index contributed by atoms with van der Waals surface area (Å²) in [5.41, 5.74) is 6.74. The molecule has 2 aromatic heterocycles. The van der Waals surface area contributed by atoms with Crippen molar-refractivity contribution < 1.29 is 0 Å². The molecule has 102 valence electrons. The van der Waals surface area contributed by atoms with Gasteiger partial charge in [-0.1, -0.05) is 32.1 Å². The Morgan fingerprint density at radius 2 is 1.79 bits per heavy atom. The highest BCUT2D eigenvalue weighted by Crippen LogP contribution is 2.33. The molecule has 0 amide bonds. The van der Waals surface area contributed by atoms with Gasteiger partial charge in [0.05, 0.1) is 0 Å².